The lowest BCUT2D eigenvalue weighted by Crippen LogP contribution is -2.16. The third kappa shape index (κ3) is 3.32. The average Bonchev–Trinajstić information content (AvgIpc) is 2.84. The predicted octanol–water partition coefficient (Wildman–Crippen LogP) is 2.43. The SMILES string of the molecule is CSc1cccc(NCCc2nccn2C)c1C(N)=S. The summed E-state index contributed by atoms with van der Waals surface area (Å²) in [5, 5.41) is 3.40. The monoisotopic (exact) mass is 306 g/mol. The lowest BCUT2D eigenvalue weighted by molar-refractivity contribution is 0.789. The number of hydrogen-bond donors (Lipinski definition) is 2. The zero-order chi connectivity index (χ0) is 14.5. The summed E-state index contributed by atoms with van der Waals surface area (Å²) < 4.78 is 2.02. The van der Waals surface area contributed by atoms with E-state index < -0.39 is 0 Å². The largest absolute Gasteiger partial charge is 0.389 e. The highest BCUT2D eigenvalue weighted by molar-refractivity contribution is 7.98. The first-order valence-electron chi connectivity index (χ1n) is 6.30. The molecule has 0 spiro atoms. The van der Waals surface area contributed by atoms with Crippen LogP contribution in [0.3, 0.4) is 0 Å². The molecule has 0 unspecified atom stereocenters. The van der Waals surface area contributed by atoms with Gasteiger partial charge in [-0.15, -0.1) is 11.8 Å². The Morgan fingerprint density at radius 1 is 1.50 bits per heavy atom. The van der Waals surface area contributed by atoms with Gasteiger partial charge in [-0.05, 0) is 18.4 Å². The first-order chi connectivity index (χ1) is 9.63. The molecule has 2 rings (SSSR count). The molecule has 1 heterocycles. The fourth-order valence-corrected chi connectivity index (χ4v) is 2.97. The number of nitrogens with one attached hydrogen (secondary N) is 1. The van der Waals surface area contributed by atoms with Crippen LogP contribution < -0.4 is 11.1 Å². The number of nitrogens with two attached hydrogens (primary N) is 1. The van der Waals surface area contributed by atoms with Crippen molar-refractivity contribution in [1.82, 2.24) is 9.55 Å². The smallest absolute Gasteiger partial charge is 0.110 e. The van der Waals surface area contributed by atoms with E-state index in [4.69, 9.17) is 18.0 Å². The van der Waals surface area contributed by atoms with Gasteiger partial charge >= 0.3 is 0 Å². The molecule has 106 valence electrons. The van der Waals surface area contributed by atoms with Gasteiger partial charge in [0, 0.05) is 48.6 Å². The minimum Gasteiger partial charge on any atom is -0.389 e. The Labute approximate surface area is 128 Å². The third-order valence-electron chi connectivity index (χ3n) is 3.08. The first kappa shape index (κ1) is 14.9. The van der Waals surface area contributed by atoms with E-state index in [1.807, 2.05) is 48.5 Å². The maximum atomic E-state index is 5.84. The number of benzene rings is 1. The molecule has 0 radical (unpaired) electrons. The van der Waals surface area contributed by atoms with Crippen molar-refractivity contribution in [1.29, 1.82) is 0 Å². The molecule has 0 aliphatic carbocycles. The molecular weight excluding hydrogens is 288 g/mol. The summed E-state index contributed by atoms with van der Waals surface area (Å²) in [6.07, 6.45) is 6.63. The van der Waals surface area contributed by atoms with E-state index in [0.29, 0.717) is 4.99 Å². The molecule has 0 amide bonds. The van der Waals surface area contributed by atoms with Crippen molar-refractivity contribution in [2.24, 2.45) is 12.8 Å². The third-order valence-corrected chi connectivity index (χ3v) is 4.06. The molecule has 20 heavy (non-hydrogen) atoms. The standard InChI is InChI=1S/C14H18N4S2/c1-18-9-8-17-12(18)6-7-16-10-4-3-5-11(20-2)13(10)14(15)19/h3-5,8-9,16H,6-7H2,1-2H3,(H2,15,19). The van der Waals surface area contributed by atoms with E-state index in [2.05, 4.69) is 10.3 Å². The van der Waals surface area contributed by atoms with Gasteiger partial charge in [-0.2, -0.15) is 0 Å². The van der Waals surface area contributed by atoms with Gasteiger partial charge in [-0.3, -0.25) is 0 Å². The van der Waals surface area contributed by atoms with Gasteiger partial charge in [0.25, 0.3) is 0 Å². The summed E-state index contributed by atoms with van der Waals surface area (Å²) in [6.45, 7) is 0.790. The quantitative estimate of drug-likeness (QED) is 0.634. The predicted molar refractivity (Wildman–Crippen MR) is 89.5 cm³/mol. The van der Waals surface area contributed by atoms with Gasteiger partial charge in [0.2, 0.25) is 0 Å². The number of hydrogen-bond acceptors (Lipinski definition) is 4. The average molecular weight is 306 g/mol. The second-order valence-electron chi connectivity index (χ2n) is 4.38. The molecule has 4 nitrogen and oxygen atoms in total. The molecule has 1 aromatic heterocycles. The summed E-state index contributed by atoms with van der Waals surface area (Å²) in [4.78, 5) is 5.83. The number of imidazole rings is 1. The zero-order valence-electron chi connectivity index (χ0n) is 11.6. The summed E-state index contributed by atoms with van der Waals surface area (Å²) >= 11 is 6.81. The van der Waals surface area contributed by atoms with Crippen LogP contribution in [0.1, 0.15) is 11.4 Å². The van der Waals surface area contributed by atoms with Crippen LogP contribution in [0.25, 0.3) is 0 Å². The molecule has 0 fully saturated rings. The molecule has 0 saturated carbocycles. The van der Waals surface area contributed by atoms with Gasteiger partial charge in [-0.25, -0.2) is 4.98 Å². The van der Waals surface area contributed by atoms with Gasteiger partial charge in [-0.1, -0.05) is 18.3 Å². The molecule has 1 aromatic carbocycles. The van der Waals surface area contributed by atoms with Crippen LogP contribution in [0, 0.1) is 0 Å². The molecule has 0 bridgehead atoms. The maximum absolute atomic E-state index is 5.84. The lowest BCUT2D eigenvalue weighted by atomic mass is 10.1. The van der Waals surface area contributed by atoms with Crippen molar-refractivity contribution < 1.29 is 0 Å². The van der Waals surface area contributed by atoms with Crippen molar-refractivity contribution in [3.8, 4) is 0 Å². The molecule has 6 heteroatoms. The van der Waals surface area contributed by atoms with Crippen LogP contribution in [-0.4, -0.2) is 27.3 Å². The van der Waals surface area contributed by atoms with E-state index in [0.717, 1.165) is 34.9 Å². The minimum atomic E-state index is 0.425. The number of aryl methyl sites for hydroxylation is 1. The summed E-state index contributed by atoms with van der Waals surface area (Å²) in [5.41, 5.74) is 7.75. The van der Waals surface area contributed by atoms with Crippen LogP contribution in [0.5, 0.6) is 0 Å². The van der Waals surface area contributed by atoms with E-state index in [1.165, 1.54) is 0 Å². The van der Waals surface area contributed by atoms with Crippen molar-refractivity contribution in [2.45, 2.75) is 11.3 Å². The van der Waals surface area contributed by atoms with E-state index >= 15 is 0 Å². The number of anilines is 1. The van der Waals surface area contributed by atoms with E-state index in [-0.39, 0.29) is 0 Å². The van der Waals surface area contributed by atoms with Crippen molar-refractivity contribution >= 4 is 34.7 Å². The second-order valence-corrected chi connectivity index (χ2v) is 5.67. The van der Waals surface area contributed by atoms with Crippen molar-refractivity contribution in [2.75, 3.05) is 18.1 Å². The number of aromatic nitrogens is 2. The molecular formula is C14H18N4S2. The van der Waals surface area contributed by atoms with Crippen LogP contribution in [0.2, 0.25) is 0 Å². The molecule has 0 aliphatic heterocycles. The van der Waals surface area contributed by atoms with Gasteiger partial charge < -0.3 is 15.6 Å². The van der Waals surface area contributed by atoms with E-state index in [9.17, 15) is 0 Å². The highest BCUT2D eigenvalue weighted by Crippen LogP contribution is 2.27. The van der Waals surface area contributed by atoms with Gasteiger partial charge in [0.05, 0.1) is 0 Å². The highest BCUT2D eigenvalue weighted by atomic mass is 32.2. The Morgan fingerprint density at radius 2 is 2.30 bits per heavy atom. The Kier molecular flexibility index (Phi) is 5.03. The van der Waals surface area contributed by atoms with Crippen LogP contribution in [0.15, 0.2) is 35.5 Å². The zero-order valence-corrected chi connectivity index (χ0v) is 13.2. The Balaban J connectivity index is 2.09. The number of thiocarbonyl (C=S) groups is 1. The number of thioether (sulfide) groups is 1. The minimum absolute atomic E-state index is 0.425. The van der Waals surface area contributed by atoms with Gasteiger partial charge in [0.1, 0.15) is 10.8 Å². The molecule has 0 saturated heterocycles. The van der Waals surface area contributed by atoms with Crippen LogP contribution in [-0.2, 0) is 13.5 Å². The van der Waals surface area contributed by atoms with Gasteiger partial charge in [0.15, 0.2) is 0 Å². The fourth-order valence-electron chi connectivity index (χ4n) is 2.05. The summed E-state index contributed by atoms with van der Waals surface area (Å²) in [5.74, 6) is 1.05. The Bertz CT molecular complexity index is 607. The number of rotatable bonds is 6. The van der Waals surface area contributed by atoms with Crippen molar-refractivity contribution in [3.05, 3.63) is 42.0 Å². The lowest BCUT2D eigenvalue weighted by Gasteiger charge is -2.14. The summed E-state index contributed by atoms with van der Waals surface area (Å²) in [6, 6.07) is 6.05. The molecule has 3 N–H and O–H groups in total. The molecule has 0 atom stereocenters. The molecule has 2 aromatic rings. The van der Waals surface area contributed by atoms with Crippen LogP contribution >= 0.6 is 24.0 Å². The molecule has 0 aliphatic rings. The van der Waals surface area contributed by atoms with E-state index in [1.54, 1.807) is 11.8 Å². The maximum Gasteiger partial charge on any atom is 0.110 e. The first-order valence-corrected chi connectivity index (χ1v) is 7.93. The summed E-state index contributed by atoms with van der Waals surface area (Å²) in [7, 11) is 2.00. The highest BCUT2D eigenvalue weighted by Gasteiger charge is 2.10. The Hall–Kier alpha value is -1.53. The number of nitrogens with zero attached hydrogens (tertiary/aromatic N) is 2. The topological polar surface area (TPSA) is 55.9 Å². The van der Waals surface area contributed by atoms with Crippen molar-refractivity contribution in [3.63, 3.8) is 0 Å². The normalized spacial score (nSPS) is 10.5. The second kappa shape index (κ2) is 6.76. The van der Waals surface area contributed by atoms with Crippen LogP contribution in [0.4, 0.5) is 5.69 Å². The Morgan fingerprint density at radius 3 is 2.90 bits per heavy atom. The fraction of sp³-hybridized carbons (Fsp3) is 0.286.